The highest BCUT2D eigenvalue weighted by Crippen LogP contribution is 2.23. The molecule has 2 rings (SSSR count). The Labute approximate surface area is 181 Å². The summed E-state index contributed by atoms with van der Waals surface area (Å²) in [5.41, 5.74) is 6.72. The molecule has 2 aromatic rings. The predicted octanol–water partition coefficient (Wildman–Crippen LogP) is 8.80. The average Bonchev–Trinajstić information content (AvgIpc) is 2.63. The standard InChI is InChI=1S/C29H44/c1-28(2,3)21-9-7-11-24-13-17-26(18-14-24)23-27-19-15-25(16-20-27)12-8-10-22-29(4,5)6/h13-20H,7-12,21-23H2,1-6H3. The maximum absolute atomic E-state index is 2.33. The molecule has 0 aromatic heterocycles. The number of benzene rings is 2. The number of hydrogen-bond acceptors (Lipinski definition) is 0. The van der Waals surface area contributed by atoms with Crippen LogP contribution in [0.2, 0.25) is 0 Å². The summed E-state index contributed by atoms with van der Waals surface area (Å²) in [5, 5.41) is 0. The van der Waals surface area contributed by atoms with Crippen LogP contribution in [0, 0.1) is 10.8 Å². The van der Waals surface area contributed by atoms with E-state index in [1.807, 2.05) is 0 Å². The van der Waals surface area contributed by atoms with Crippen LogP contribution in [0.5, 0.6) is 0 Å². The molecule has 0 heterocycles. The molecule has 29 heavy (non-hydrogen) atoms. The summed E-state index contributed by atoms with van der Waals surface area (Å²) in [7, 11) is 0. The minimum absolute atomic E-state index is 0.464. The van der Waals surface area contributed by atoms with Gasteiger partial charge in [-0.1, -0.05) is 103 Å². The Balaban J connectivity index is 1.74. The number of hydrogen-bond donors (Lipinski definition) is 0. The summed E-state index contributed by atoms with van der Waals surface area (Å²) in [6.45, 7) is 14.0. The first kappa shape index (κ1) is 23.7. The summed E-state index contributed by atoms with van der Waals surface area (Å²) in [4.78, 5) is 0. The lowest BCUT2D eigenvalue weighted by Gasteiger charge is -2.17. The zero-order valence-electron chi connectivity index (χ0n) is 20.0. The van der Waals surface area contributed by atoms with Crippen molar-refractivity contribution in [1.29, 1.82) is 0 Å². The van der Waals surface area contributed by atoms with Crippen LogP contribution in [0.25, 0.3) is 0 Å². The second kappa shape index (κ2) is 11.0. The first-order chi connectivity index (χ1) is 13.6. The Morgan fingerprint density at radius 2 is 0.759 bits per heavy atom. The van der Waals surface area contributed by atoms with Crippen molar-refractivity contribution in [3.05, 3.63) is 70.8 Å². The summed E-state index contributed by atoms with van der Waals surface area (Å²) < 4.78 is 0. The fourth-order valence-corrected chi connectivity index (χ4v) is 3.85. The molecular formula is C29H44. The van der Waals surface area contributed by atoms with Crippen molar-refractivity contribution in [1.82, 2.24) is 0 Å². The van der Waals surface area contributed by atoms with Crippen LogP contribution < -0.4 is 0 Å². The lowest BCUT2D eigenvalue weighted by Crippen LogP contribution is -2.04. The van der Waals surface area contributed by atoms with Gasteiger partial charge in [0.2, 0.25) is 0 Å². The number of aryl methyl sites for hydroxylation is 2. The zero-order chi connectivity index (χ0) is 21.3. The van der Waals surface area contributed by atoms with E-state index in [0.717, 1.165) is 6.42 Å². The SMILES string of the molecule is CC(C)(C)CCCCc1ccc(Cc2ccc(CCCCC(C)(C)C)cc2)cc1. The smallest absolute Gasteiger partial charge is 0.00258 e. The van der Waals surface area contributed by atoms with E-state index in [2.05, 4.69) is 90.1 Å². The van der Waals surface area contributed by atoms with Crippen LogP contribution in [0.1, 0.15) is 102 Å². The highest BCUT2D eigenvalue weighted by Gasteiger charge is 2.10. The van der Waals surface area contributed by atoms with E-state index in [1.54, 1.807) is 0 Å². The van der Waals surface area contributed by atoms with Crippen LogP contribution in [0.4, 0.5) is 0 Å². The van der Waals surface area contributed by atoms with Gasteiger partial charge in [0.05, 0.1) is 0 Å². The van der Waals surface area contributed by atoms with Crippen LogP contribution in [0.3, 0.4) is 0 Å². The van der Waals surface area contributed by atoms with Gasteiger partial charge in [-0.15, -0.1) is 0 Å². The fraction of sp³-hybridized carbons (Fsp3) is 0.586. The van der Waals surface area contributed by atoms with Crippen molar-refractivity contribution in [3.63, 3.8) is 0 Å². The first-order valence-corrected chi connectivity index (χ1v) is 11.8. The molecule has 0 heteroatoms. The molecule has 0 aliphatic heterocycles. The molecule has 0 amide bonds. The molecule has 0 fully saturated rings. The molecule has 2 aromatic carbocycles. The molecular weight excluding hydrogens is 348 g/mol. The Kier molecular flexibility index (Phi) is 9.00. The Hall–Kier alpha value is -1.56. The van der Waals surface area contributed by atoms with Crippen LogP contribution >= 0.6 is 0 Å². The van der Waals surface area contributed by atoms with E-state index >= 15 is 0 Å². The lowest BCUT2D eigenvalue weighted by atomic mass is 9.89. The van der Waals surface area contributed by atoms with E-state index < -0.39 is 0 Å². The van der Waals surface area contributed by atoms with Gasteiger partial charge >= 0.3 is 0 Å². The average molecular weight is 393 g/mol. The second-order valence-corrected chi connectivity index (χ2v) is 11.3. The van der Waals surface area contributed by atoms with Gasteiger partial charge in [0, 0.05) is 0 Å². The molecule has 0 nitrogen and oxygen atoms in total. The predicted molar refractivity (Wildman–Crippen MR) is 130 cm³/mol. The highest BCUT2D eigenvalue weighted by molar-refractivity contribution is 5.30. The summed E-state index contributed by atoms with van der Waals surface area (Å²) in [6.07, 6.45) is 11.3. The summed E-state index contributed by atoms with van der Waals surface area (Å²) >= 11 is 0. The van der Waals surface area contributed by atoms with Crippen molar-refractivity contribution >= 4 is 0 Å². The molecule has 0 saturated heterocycles. The topological polar surface area (TPSA) is 0 Å². The van der Waals surface area contributed by atoms with Gasteiger partial charge in [-0.2, -0.15) is 0 Å². The monoisotopic (exact) mass is 392 g/mol. The Morgan fingerprint density at radius 3 is 1.07 bits per heavy atom. The Morgan fingerprint density at radius 1 is 0.448 bits per heavy atom. The Bertz CT molecular complexity index is 626. The third kappa shape index (κ3) is 10.7. The van der Waals surface area contributed by atoms with Gasteiger partial charge in [-0.3, -0.25) is 0 Å². The maximum atomic E-state index is 2.33. The molecule has 0 radical (unpaired) electrons. The number of unbranched alkanes of at least 4 members (excludes halogenated alkanes) is 2. The molecule has 0 N–H and O–H groups in total. The summed E-state index contributed by atoms with van der Waals surface area (Å²) in [6, 6.07) is 18.6. The molecule has 0 unspecified atom stereocenters. The maximum Gasteiger partial charge on any atom is -0.00258 e. The van der Waals surface area contributed by atoms with Gasteiger partial charge in [-0.05, 0) is 78.0 Å². The minimum atomic E-state index is 0.464. The zero-order valence-corrected chi connectivity index (χ0v) is 20.0. The first-order valence-electron chi connectivity index (χ1n) is 11.8. The quantitative estimate of drug-likeness (QED) is 0.354. The van der Waals surface area contributed by atoms with Crippen LogP contribution in [-0.2, 0) is 19.3 Å². The van der Waals surface area contributed by atoms with E-state index in [-0.39, 0.29) is 0 Å². The molecule has 0 aliphatic carbocycles. The van der Waals surface area contributed by atoms with Crippen LogP contribution in [0.15, 0.2) is 48.5 Å². The van der Waals surface area contributed by atoms with E-state index in [0.29, 0.717) is 10.8 Å². The molecule has 0 aliphatic rings. The van der Waals surface area contributed by atoms with Gasteiger partial charge in [-0.25, -0.2) is 0 Å². The van der Waals surface area contributed by atoms with Crippen molar-refractivity contribution in [2.75, 3.05) is 0 Å². The van der Waals surface area contributed by atoms with Gasteiger partial charge in [0.15, 0.2) is 0 Å². The third-order valence-electron chi connectivity index (χ3n) is 5.74. The molecule has 0 bridgehead atoms. The number of rotatable bonds is 10. The van der Waals surface area contributed by atoms with Crippen molar-refractivity contribution in [2.45, 2.75) is 99.3 Å². The lowest BCUT2D eigenvalue weighted by molar-refractivity contribution is 0.360. The van der Waals surface area contributed by atoms with Crippen molar-refractivity contribution in [3.8, 4) is 0 Å². The summed E-state index contributed by atoms with van der Waals surface area (Å²) in [5.74, 6) is 0. The largest absolute Gasteiger partial charge is 0.0602 e. The normalized spacial score (nSPS) is 12.3. The van der Waals surface area contributed by atoms with Gasteiger partial charge < -0.3 is 0 Å². The fourth-order valence-electron chi connectivity index (χ4n) is 3.85. The van der Waals surface area contributed by atoms with E-state index in [1.165, 1.54) is 73.6 Å². The van der Waals surface area contributed by atoms with Crippen molar-refractivity contribution < 1.29 is 0 Å². The second-order valence-electron chi connectivity index (χ2n) is 11.3. The molecule has 160 valence electrons. The van der Waals surface area contributed by atoms with Gasteiger partial charge in [0.1, 0.15) is 0 Å². The molecule has 0 saturated carbocycles. The highest BCUT2D eigenvalue weighted by atomic mass is 14.2. The van der Waals surface area contributed by atoms with Gasteiger partial charge in [0.25, 0.3) is 0 Å². The third-order valence-corrected chi connectivity index (χ3v) is 5.74. The van der Waals surface area contributed by atoms with Crippen molar-refractivity contribution in [2.24, 2.45) is 10.8 Å². The van der Waals surface area contributed by atoms with E-state index in [9.17, 15) is 0 Å². The molecule has 0 atom stereocenters. The van der Waals surface area contributed by atoms with Crippen LogP contribution in [-0.4, -0.2) is 0 Å². The van der Waals surface area contributed by atoms with E-state index in [4.69, 9.17) is 0 Å². The minimum Gasteiger partial charge on any atom is -0.0602 e. The molecule has 0 spiro atoms.